The minimum absolute atomic E-state index is 0.221. The zero-order valence-electron chi connectivity index (χ0n) is 12.0. The predicted octanol–water partition coefficient (Wildman–Crippen LogP) is 2.60. The van der Waals surface area contributed by atoms with E-state index >= 15 is 0 Å². The molecule has 0 radical (unpaired) electrons. The molecule has 112 valence electrons. The minimum Gasteiger partial charge on any atom is -0.340 e. The zero-order chi connectivity index (χ0) is 14.7. The first-order chi connectivity index (χ1) is 10.3. The molecule has 3 rings (SSSR count). The summed E-state index contributed by atoms with van der Waals surface area (Å²) < 4.78 is 2.16. The molecule has 2 aromatic rings. The molecule has 6 heteroatoms. The number of piperidine rings is 1. The van der Waals surface area contributed by atoms with E-state index in [1.54, 1.807) is 23.1 Å². The highest BCUT2D eigenvalue weighted by molar-refractivity contribution is 8.01. The second-order valence-corrected chi connectivity index (χ2v) is 7.46. The number of carbonyl (C=O) groups excluding carboxylic acids is 1. The molecule has 4 nitrogen and oxygen atoms in total. The fraction of sp³-hybridized carbons (Fsp3) is 0.467. The number of aromatic nitrogens is 1. The Kier molecular flexibility index (Phi) is 4.77. The first-order valence-corrected chi connectivity index (χ1v) is 9.00. The summed E-state index contributed by atoms with van der Waals surface area (Å²) in [6.45, 7) is 1.72. The monoisotopic (exact) mass is 321 g/mol. The van der Waals surface area contributed by atoms with E-state index in [0.717, 1.165) is 35.8 Å². The fourth-order valence-corrected chi connectivity index (χ4v) is 4.54. The molecule has 1 aliphatic rings. The van der Waals surface area contributed by atoms with Gasteiger partial charge in [-0.3, -0.25) is 4.79 Å². The third kappa shape index (κ3) is 3.56. The number of hydrogen-bond donors (Lipinski definition) is 1. The fourth-order valence-electron chi connectivity index (χ4n) is 2.57. The molecule has 0 saturated carbocycles. The van der Waals surface area contributed by atoms with Crippen LogP contribution in [0.4, 0.5) is 0 Å². The molecule has 0 bridgehead atoms. The Morgan fingerprint density at radius 2 is 2.38 bits per heavy atom. The summed E-state index contributed by atoms with van der Waals surface area (Å²) in [5, 5.41) is 3.27. The van der Waals surface area contributed by atoms with E-state index in [9.17, 15) is 4.79 Å². The predicted molar refractivity (Wildman–Crippen MR) is 89.0 cm³/mol. The maximum absolute atomic E-state index is 12.3. The number of thiazole rings is 1. The molecule has 0 spiro atoms. The van der Waals surface area contributed by atoms with E-state index in [-0.39, 0.29) is 5.91 Å². The van der Waals surface area contributed by atoms with Crippen molar-refractivity contribution in [2.45, 2.75) is 23.2 Å². The maximum atomic E-state index is 12.3. The summed E-state index contributed by atoms with van der Waals surface area (Å²) in [7, 11) is 1.97. The van der Waals surface area contributed by atoms with Gasteiger partial charge >= 0.3 is 0 Å². The maximum Gasteiger partial charge on any atom is 0.233 e. The minimum atomic E-state index is 0.221. The van der Waals surface area contributed by atoms with Crippen molar-refractivity contribution in [3.63, 3.8) is 0 Å². The van der Waals surface area contributed by atoms with E-state index in [1.807, 2.05) is 30.1 Å². The third-order valence-electron chi connectivity index (χ3n) is 3.78. The van der Waals surface area contributed by atoms with E-state index in [2.05, 4.69) is 16.4 Å². The number of likely N-dealkylation sites (N-methyl/N-ethyl adjacent to an activating group) is 1. The summed E-state index contributed by atoms with van der Waals surface area (Å²) in [5.74, 6) is 0.704. The molecule has 1 fully saturated rings. The van der Waals surface area contributed by atoms with Gasteiger partial charge in [-0.1, -0.05) is 23.9 Å². The Balaban J connectivity index is 1.57. The van der Waals surface area contributed by atoms with Crippen LogP contribution in [0, 0.1) is 0 Å². The number of rotatable bonds is 4. The summed E-state index contributed by atoms with van der Waals surface area (Å²) in [5.41, 5.74) is 1.02. The van der Waals surface area contributed by atoms with Crippen LogP contribution in [0.1, 0.15) is 12.8 Å². The zero-order valence-corrected chi connectivity index (χ0v) is 13.7. The highest BCUT2D eigenvalue weighted by Gasteiger charge is 2.22. The van der Waals surface area contributed by atoms with Crippen LogP contribution in [0.15, 0.2) is 28.6 Å². The molecule has 0 aliphatic carbocycles. The van der Waals surface area contributed by atoms with Gasteiger partial charge in [0.1, 0.15) is 0 Å². The van der Waals surface area contributed by atoms with Crippen LogP contribution in [0.3, 0.4) is 0 Å². The molecule has 1 aliphatic heterocycles. The lowest BCUT2D eigenvalue weighted by atomic mass is 10.1. The van der Waals surface area contributed by atoms with Gasteiger partial charge < -0.3 is 10.2 Å². The van der Waals surface area contributed by atoms with Crippen molar-refractivity contribution in [3.05, 3.63) is 24.3 Å². The van der Waals surface area contributed by atoms with Crippen molar-refractivity contribution in [3.8, 4) is 0 Å². The Labute approximate surface area is 132 Å². The van der Waals surface area contributed by atoms with Gasteiger partial charge in [0, 0.05) is 19.1 Å². The van der Waals surface area contributed by atoms with Crippen molar-refractivity contribution in [2.75, 3.05) is 25.9 Å². The number of nitrogens with one attached hydrogen (secondary N) is 1. The molecule has 2 heterocycles. The van der Waals surface area contributed by atoms with Crippen molar-refractivity contribution in [2.24, 2.45) is 0 Å². The molecular formula is C15H19N3OS2. The molecule has 1 aromatic carbocycles. The number of hydrogen-bond acceptors (Lipinski definition) is 5. The van der Waals surface area contributed by atoms with Crippen LogP contribution >= 0.6 is 23.1 Å². The lowest BCUT2D eigenvalue weighted by molar-refractivity contribution is -0.129. The summed E-state index contributed by atoms with van der Waals surface area (Å²) in [4.78, 5) is 18.8. The van der Waals surface area contributed by atoms with E-state index < -0.39 is 0 Å². The van der Waals surface area contributed by atoms with Gasteiger partial charge in [-0.15, -0.1) is 11.3 Å². The number of nitrogens with zero attached hydrogens (tertiary/aromatic N) is 2. The second-order valence-electron chi connectivity index (χ2n) is 5.20. The average Bonchev–Trinajstić information content (AvgIpc) is 2.95. The Bertz CT molecular complexity index is 595. The molecule has 21 heavy (non-hydrogen) atoms. The molecule has 1 atom stereocenters. The normalized spacial score (nSPS) is 19.1. The smallest absolute Gasteiger partial charge is 0.233 e. The quantitative estimate of drug-likeness (QED) is 0.879. The largest absolute Gasteiger partial charge is 0.340 e. The van der Waals surface area contributed by atoms with Crippen molar-refractivity contribution in [1.29, 1.82) is 0 Å². The highest BCUT2D eigenvalue weighted by Crippen LogP contribution is 2.29. The molecular weight excluding hydrogens is 302 g/mol. The van der Waals surface area contributed by atoms with Gasteiger partial charge in [0.2, 0.25) is 5.91 Å². The number of fused-ring (bicyclic) bond motifs is 1. The Hall–Kier alpha value is -1.11. The van der Waals surface area contributed by atoms with Crippen molar-refractivity contribution in [1.82, 2.24) is 15.2 Å². The number of benzene rings is 1. The Morgan fingerprint density at radius 1 is 1.52 bits per heavy atom. The van der Waals surface area contributed by atoms with Crippen molar-refractivity contribution >= 4 is 39.2 Å². The van der Waals surface area contributed by atoms with Crippen LogP contribution in [0.2, 0.25) is 0 Å². The highest BCUT2D eigenvalue weighted by atomic mass is 32.2. The molecule has 1 aromatic heterocycles. The van der Waals surface area contributed by atoms with E-state index in [4.69, 9.17) is 0 Å². The van der Waals surface area contributed by atoms with Crippen LogP contribution in [0.5, 0.6) is 0 Å². The number of thioether (sulfide) groups is 1. The van der Waals surface area contributed by atoms with Gasteiger partial charge in [-0.25, -0.2) is 4.98 Å². The van der Waals surface area contributed by atoms with Gasteiger partial charge in [-0.2, -0.15) is 0 Å². The van der Waals surface area contributed by atoms with Crippen LogP contribution in [-0.4, -0.2) is 47.7 Å². The molecule has 1 unspecified atom stereocenters. The number of likely N-dealkylation sites (tertiary alicyclic amines) is 1. The summed E-state index contributed by atoms with van der Waals surface area (Å²) in [6.07, 6.45) is 2.24. The van der Waals surface area contributed by atoms with Crippen molar-refractivity contribution < 1.29 is 4.79 Å². The van der Waals surface area contributed by atoms with Crippen LogP contribution < -0.4 is 5.32 Å². The first kappa shape index (κ1) is 14.8. The van der Waals surface area contributed by atoms with E-state index in [0.29, 0.717) is 11.8 Å². The Morgan fingerprint density at radius 3 is 3.19 bits per heavy atom. The SMILES string of the molecule is CNC1CCCN(C(=O)CSc2nc3ccccc3s2)C1. The number of carbonyl (C=O) groups is 1. The molecule has 1 amide bonds. The standard InChI is InChI=1S/C15H19N3OS2/c1-16-11-5-4-8-18(9-11)14(19)10-20-15-17-12-6-2-3-7-13(12)21-15/h2-3,6-7,11,16H,4-5,8-10H2,1H3. The number of para-hydroxylation sites is 1. The van der Waals surface area contributed by atoms with Gasteiger partial charge in [-0.05, 0) is 32.0 Å². The van der Waals surface area contributed by atoms with Crippen LogP contribution in [-0.2, 0) is 4.79 Å². The van der Waals surface area contributed by atoms with E-state index in [1.165, 1.54) is 4.70 Å². The lowest BCUT2D eigenvalue weighted by Gasteiger charge is -2.32. The lowest BCUT2D eigenvalue weighted by Crippen LogP contribution is -2.47. The van der Waals surface area contributed by atoms with Crippen LogP contribution in [0.25, 0.3) is 10.2 Å². The van der Waals surface area contributed by atoms with Gasteiger partial charge in [0.15, 0.2) is 4.34 Å². The molecule has 1 N–H and O–H groups in total. The first-order valence-electron chi connectivity index (χ1n) is 7.19. The summed E-state index contributed by atoms with van der Waals surface area (Å²) in [6, 6.07) is 8.54. The topological polar surface area (TPSA) is 45.2 Å². The third-order valence-corrected chi connectivity index (χ3v) is 5.94. The summed E-state index contributed by atoms with van der Waals surface area (Å²) >= 11 is 3.21. The molecule has 1 saturated heterocycles. The number of amides is 1. The average molecular weight is 321 g/mol. The second kappa shape index (κ2) is 6.77. The van der Waals surface area contributed by atoms with Gasteiger partial charge in [0.05, 0.1) is 16.0 Å². The van der Waals surface area contributed by atoms with Gasteiger partial charge in [0.25, 0.3) is 0 Å².